The Morgan fingerprint density at radius 1 is 1.71 bits per heavy atom. The number of ether oxygens (including phenoxy) is 1. The molecule has 3 unspecified atom stereocenters. The molecule has 1 fully saturated rings. The largest absolute Gasteiger partial charge is 0.394 e. The van der Waals surface area contributed by atoms with Gasteiger partial charge in [-0.3, -0.25) is 9.67 Å². The molecule has 3 atom stereocenters. The van der Waals surface area contributed by atoms with Crippen LogP contribution in [0, 0.1) is 6.92 Å². The molecule has 1 aliphatic rings. The molecule has 6 nitrogen and oxygen atoms in total. The highest BCUT2D eigenvalue weighted by atomic mass is 19.1. The molecule has 1 aliphatic heterocycles. The van der Waals surface area contributed by atoms with Crippen molar-refractivity contribution in [3.63, 3.8) is 0 Å². The van der Waals surface area contributed by atoms with Gasteiger partial charge in [-0.2, -0.15) is 4.98 Å². The van der Waals surface area contributed by atoms with Gasteiger partial charge in [-0.25, -0.2) is 9.18 Å². The van der Waals surface area contributed by atoms with E-state index in [-0.39, 0.29) is 12.0 Å². The first-order valence-electron chi connectivity index (χ1n) is 5.20. The number of rotatable bonds is 2. The van der Waals surface area contributed by atoms with Crippen LogP contribution in [0.5, 0.6) is 5.88 Å². The highest BCUT2D eigenvalue weighted by Gasteiger charge is 2.36. The molecule has 1 saturated heterocycles. The van der Waals surface area contributed by atoms with E-state index in [1.165, 1.54) is 13.1 Å². The molecule has 0 spiro atoms. The van der Waals surface area contributed by atoms with Crippen LogP contribution in [-0.2, 0) is 9.84 Å². The van der Waals surface area contributed by atoms with E-state index in [9.17, 15) is 14.3 Å². The molecular weight excluding hydrogens is 231 g/mol. The topological polar surface area (TPSA) is 84.2 Å². The van der Waals surface area contributed by atoms with Crippen LogP contribution in [0.2, 0.25) is 0 Å². The van der Waals surface area contributed by atoms with E-state index >= 15 is 0 Å². The fourth-order valence-electron chi connectivity index (χ4n) is 1.78. The number of aromatic nitrogens is 2. The number of alkyl halides is 1. The predicted octanol–water partition coefficient (Wildman–Crippen LogP) is 0.313. The minimum atomic E-state index is -1.33. The van der Waals surface area contributed by atoms with E-state index in [1.807, 2.05) is 0 Å². The molecule has 0 bridgehead atoms. The van der Waals surface area contributed by atoms with Gasteiger partial charge in [-0.1, -0.05) is 0 Å². The third-order valence-electron chi connectivity index (χ3n) is 2.74. The maximum absolute atomic E-state index is 13.4. The highest BCUT2D eigenvalue weighted by Crippen LogP contribution is 2.30. The van der Waals surface area contributed by atoms with Gasteiger partial charge in [-0.05, 0) is 6.92 Å². The van der Waals surface area contributed by atoms with Gasteiger partial charge in [-0.15, -0.1) is 0 Å². The van der Waals surface area contributed by atoms with Crippen molar-refractivity contribution in [3.8, 4) is 5.88 Å². The van der Waals surface area contributed by atoms with Crippen molar-refractivity contribution < 1.29 is 19.3 Å². The fourth-order valence-corrected chi connectivity index (χ4v) is 1.78. The van der Waals surface area contributed by atoms with Crippen molar-refractivity contribution in [2.45, 2.75) is 31.8 Å². The molecule has 1 N–H and O–H groups in total. The van der Waals surface area contributed by atoms with Crippen LogP contribution in [0.15, 0.2) is 11.0 Å². The first-order valence-corrected chi connectivity index (χ1v) is 5.20. The summed E-state index contributed by atoms with van der Waals surface area (Å²) >= 11 is 0. The van der Waals surface area contributed by atoms with Gasteiger partial charge >= 0.3 is 5.69 Å². The molecule has 93 valence electrons. The lowest BCUT2D eigenvalue weighted by Crippen LogP contribution is -2.27. The zero-order valence-corrected chi connectivity index (χ0v) is 9.17. The predicted molar refractivity (Wildman–Crippen MR) is 53.9 cm³/mol. The van der Waals surface area contributed by atoms with E-state index in [1.54, 1.807) is 0 Å². The lowest BCUT2D eigenvalue weighted by Gasteiger charge is -2.14. The Labute approximate surface area is 96.3 Å². The molecule has 2 rings (SSSR count). The van der Waals surface area contributed by atoms with Crippen LogP contribution < -0.4 is 5.69 Å². The molecule has 0 aromatic carbocycles. The number of hydrogen-bond acceptors (Lipinski definition) is 4. The molecule has 2 heterocycles. The van der Waals surface area contributed by atoms with Crippen LogP contribution in [-0.4, -0.2) is 33.5 Å². The maximum atomic E-state index is 13.4. The van der Waals surface area contributed by atoms with Gasteiger partial charge in [0.1, 0.15) is 18.5 Å². The quantitative estimate of drug-likeness (QED) is 0.810. The van der Waals surface area contributed by atoms with Crippen LogP contribution in [0.1, 0.15) is 18.2 Å². The Bertz CT molecular complexity index is 476. The summed E-state index contributed by atoms with van der Waals surface area (Å²) in [5.41, 5.74) is -0.479. The minimum Gasteiger partial charge on any atom is -0.394 e. The SMILES string of the molecule is Cc1cn(C2CC(F)C(CO)O2)c(=O)nc1[O]. The van der Waals surface area contributed by atoms with Crippen molar-refractivity contribution in [1.29, 1.82) is 0 Å². The van der Waals surface area contributed by atoms with E-state index in [4.69, 9.17) is 9.84 Å². The number of nitrogens with zero attached hydrogens (tertiary/aromatic N) is 2. The van der Waals surface area contributed by atoms with E-state index < -0.39 is 36.7 Å². The second-order valence-corrected chi connectivity index (χ2v) is 3.98. The molecule has 0 aliphatic carbocycles. The Morgan fingerprint density at radius 3 is 3.00 bits per heavy atom. The third kappa shape index (κ3) is 2.16. The second-order valence-electron chi connectivity index (χ2n) is 3.98. The van der Waals surface area contributed by atoms with Crippen molar-refractivity contribution in [1.82, 2.24) is 9.55 Å². The Hall–Kier alpha value is -1.47. The molecule has 17 heavy (non-hydrogen) atoms. The van der Waals surface area contributed by atoms with Gasteiger partial charge < -0.3 is 9.84 Å². The standard InChI is InChI=1S/C10H12FN2O4/c1-5-3-13(10(16)12-9(5)15)8-2-6(11)7(4-14)17-8/h3,6-8,14H,2,4H2,1H3. The summed E-state index contributed by atoms with van der Waals surface area (Å²) in [5, 5.41) is 20.0. The van der Waals surface area contributed by atoms with Crippen LogP contribution in [0.3, 0.4) is 0 Å². The van der Waals surface area contributed by atoms with Crippen molar-refractivity contribution in [2.75, 3.05) is 6.61 Å². The lowest BCUT2D eigenvalue weighted by atomic mass is 10.2. The smallest absolute Gasteiger partial charge is 0.353 e. The van der Waals surface area contributed by atoms with Crippen molar-refractivity contribution >= 4 is 0 Å². The number of aliphatic hydroxyl groups is 1. The van der Waals surface area contributed by atoms with E-state index in [0.29, 0.717) is 0 Å². The summed E-state index contributed by atoms with van der Waals surface area (Å²) in [6.07, 6.45) is -1.82. The number of aryl methyl sites for hydroxylation is 1. The van der Waals surface area contributed by atoms with Gasteiger partial charge in [0.05, 0.1) is 6.61 Å². The molecule has 1 aromatic rings. The summed E-state index contributed by atoms with van der Waals surface area (Å²) in [4.78, 5) is 14.7. The van der Waals surface area contributed by atoms with Crippen LogP contribution in [0.4, 0.5) is 4.39 Å². The normalized spacial score (nSPS) is 28.5. The zero-order valence-electron chi connectivity index (χ0n) is 9.17. The van der Waals surface area contributed by atoms with Crippen LogP contribution >= 0.6 is 0 Å². The Morgan fingerprint density at radius 2 is 2.41 bits per heavy atom. The fraction of sp³-hybridized carbons (Fsp3) is 0.600. The molecule has 0 saturated carbocycles. The average molecular weight is 243 g/mol. The molecule has 1 radical (unpaired) electrons. The van der Waals surface area contributed by atoms with Crippen LogP contribution in [0.25, 0.3) is 0 Å². The number of halogens is 1. The summed E-state index contributed by atoms with van der Waals surface area (Å²) in [7, 11) is 0. The van der Waals surface area contributed by atoms with E-state index in [0.717, 1.165) is 4.57 Å². The third-order valence-corrected chi connectivity index (χ3v) is 2.74. The van der Waals surface area contributed by atoms with Crippen molar-refractivity contribution in [3.05, 3.63) is 22.2 Å². The first kappa shape index (κ1) is 12.0. The summed E-state index contributed by atoms with van der Waals surface area (Å²) < 4.78 is 19.6. The van der Waals surface area contributed by atoms with Gasteiger partial charge in [0, 0.05) is 18.2 Å². The zero-order chi connectivity index (χ0) is 12.6. The highest BCUT2D eigenvalue weighted by molar-refractivity contribution is 5.18. The van der Waals surface area contributed by atoms with Gasteiger partial charge in [0.25, 0.3) is 5.88 Å². The lowest BCUT2D eigenvalue weighted by molar-refractivity contribution is -0.0357. The Kier molecular flexibility index (Phi) is 3.12. The monoisotopic (exact) mass is 243 g/mol. The number of hydrogen-bond donors (Lipinski definition) is 1. The molecular formula is C10H12FN2O4. The molecule has 1 aromatic heterocycles. The summed E-state index contributed by atoms with van der Waals surface area (Å²) in [5.74, 6) is -0.597. The van der Waals surface area contributed by atoms with Gasteiger partial charge in [0.2, 0.25) is 0 Å². The van der Waals surface area contributed by atoms with Gasteiger partial charge in [0.15, 0.2) is 0 Å². The Balaban J connectivity index is 2.30. The average Bonchev–Trinajstić information content (AvgIpc) is 2.65. The van der Waals surface area contributed by atoms with Crippen molar-refractivity contribution in [2.24, 2.45) is 0 Å². The summed E-state index contributed by atoms with van der Waals surface area (Å²) in [6, 6.07) is 0. The second kappa shape index (κ2) is 4.42. The maximum Gasteiger partial charge on any atom is 0.353 e. The summed E-state index contributed by atoms with van der Waals surface area (Å²) in [6.45, 7) is 1.06. The molecule has 7 heteroatoms. The molecule has 0 amide bonds. The van der Waals surface area contributed by atoms with E-state index in [2.05, 4.69) is 4.98 Å². The first-order chi connectivity index (χ1) is 8.02. The number of aliphatic hydroxyl groups excluding tert-OH is 1. The minimum absolute atomic E-state index is 0.0372.